The average molecular weight is 430 g/mol. The molecule has 4 nitrogen and oxygen atoms in total. The van der Waals surface area contributed by atoms with Crippen LogP contribution in [0.15, 0.2) is 53.0 Å². The number of anilines is 1. The van der Waals surface area contributed by atoms with Crippen molar-refractivity contribution in [1.82, 2.24) is 0 Å². The molecule has 2 aromatic rings. The summed E-state index contributed by atoms with van der Waals surface area (Å²) in [6.07, 6.45) is 5.52. The summed E-state index contributed by atoms with van der Waals surface area (Å²) >= 11 is 3.53. The van der Waals surface area contributed by atoms with Crippen LogP contribution in [-0.2, 0) is 4.74 Å². The Balaban J connectivity index is 1.61. The second-order valence-electron chi connectivity index (χ2n) is 6.97. The van der Waals surface area contributed by atoms with Crippen LogP contribution in [0, 0.1) is 5.92 Å². The molecule has 0 radical (unpaired) electrons. The van der Waals surface area contributed by atoms with Crippen LogP contribution in [0.4, 0.5) is 5.69 Å². The van der Waals surface area contributed by atoms with Gasteiger partial charge in [0.2, 0.25) is 0 Å². The van der Waals surface area contributed by atoms with Crippen LogP contribution in [0.1, 0.15) is 36.4 Å². The molecule has 0 amide bonds. The SMILES string of the molecule is CCOCCOc1ccc2c(c1)C1C=CCC1C(c1cc(Br)ccc1O)N2. The molecule has 2 aromatic carbocycles. The average Bonchev–Trinajstić information content (AvgIpc) is 3.17. The Hall–Kier alpha value is -1.98. The van der Waals surface area contributed by atoms with E-state index in [1.165, 1.54) is 5.56 Å². The molecule has 3 unspecified atom stereocenters. The van der Waals surface area contributed by atoms with Gasteiger partial charge in [-0.15, -0.1) is 0 Å². The zero-order valence-electron chi connectivity index (χ0n) is 15.3. The predicted octanol–water partition coefficient (Wildman–Crippen LogP) is 5.40. The number of phenols is 1. The largest absolute Gasteiger partial charge is 0.508 e. The van der Waals surface area contributed by atoms with E-state index in [2.05, 4.69) is 45.5 Å². The van der Waals surface area contributed by atoms with Gasteiger partial charge in [0.15, 0.2) is 0 Å². The number of phenolic OH excluding ortho intramolecular Hbond substituents is 1. The Bertz CT molecular complexity index is 851. The summed E-state index contributed by atoms with van der Waals surface area (Å²) in [5, 5.41) is 14.1. The van der Waals surface area contributed by atoms with Crippen molar-refractivity contribution < 1.29 is 14.6 Å². The normalized spacial score (nSPS) is 22.8. The summed E-state index contributed by atoms with van der Waals surface area (Å²) in [6.45, 7) is 3.84. The second-order valence-corrected chi connectivity index (χ2v) is 7.89. The lowest BCUT2D eigenvalue weighted by Gasteiger charge is -2.38. The fraction of sp³-hybridized carbons (Fsp3) is 0.364. The fourth-order valence-corrected chi connectivity index (χ4v) is 4.49. The van der Waals surface area contributed by atoms with Gasteiger partial charge in [0.05, 0.1) is 12.6 Å². The number of fused-ring (bicyclic) bond motifs is 3. The molecule has 5 heteroatoms. The van der Waals surface area contributed by atoms with E-state index in [4.69, 9.17) is 9.47 Å². The first-order chi connectivity index (χ1) is 13.2. The van der Waals surface area contributed by atoms with E-state index < -0.39 is 0 Å². The highest BCUT2D eigenvalue weighted by Gasteiger charge is 2.39. The van der Waals surface area contributed by atoms with Gasteiger partial charge in [0.25, 0.3) is 0 Å². The zero-order valence-corrected chi connectivity index (χ0v) is 16.9. The van der Waals surface area contributed by atoms with Gasteiger partial charge in [-0.3, -0.25) is 0 Å². The Morgan fingerprint density at radius 1 is 1.15 bits per heavy atom. The van der Waals surface area contributed by atoms with Crippen molar-refractivity contribution in [2.45, 2.75) is 25.3 Å². The van der Waals surface area contributed by atoms with Crippen molar-refractivity contribution in [3.8, 4) is 11.5 Å². The third-order valence-electron chi connectivity index (χ3n) is 5.36. The van der Waals surface area contributed by atoms with E-state index in [1.54, 1.807) is 6.07 Å². The molecule has 2 N–H and O–H groups in total. The van der Waals surface area contributed by atoms with E-state index in [1.807, 2.05) is 25.1 Å². The monoisotopic (exact) mass is 429 g/mol. The van der Waals surface area contributed by atoms with E-state index in [9.17, 15) is 5.11 Å². The van der Waals surface area contributed by atoms with Crippen molar-refractivity contribution in [3.63, 3.8) is 0 Å². The first kappa shape index (κ1) is 18.4. The zero-order chi connectivity index (χ0) is 18.8. The lowest BCUT2D eigenvalue weighted by molar-refractivity contribution is 0.110. The van der Waals surface area contributed by atoms with Crippen molar-refractivity contribution in [2.75, 3.05) is 25.1 Å². The van der Waals surface area contributed by atoms with E-state index in [-0.39, 0.29) is 6.04 Å². The van der Waals surface area contributed by atoms with Crippen LogP contribution in [0.2, 0.25) is 0 Å². The van der Waals surface area contributed by atoms with Gasteiger partial charge in [0, 0.05) is 28.2 Å². The molecule has 4 rings (SSSR count). The minimum absolute atomic E-state index is 0.0692. The molecule has 0 saturated carbocycles. The van der Waals surface area contributed by atoms with Gasteiger partial charge < -0.3 is 19.9 Å². The van der Waals surface area contributed by atoms with Gasteiger partial charge >= 0.3 is 0 Å². The Morgan fingerprint density at radius 2 is 2.04 bits per heavy atom. The van der Waals surface area contributed by atoms with Crippen LogP contribution in [0.3, 0.4) is 0 Å². The molecule has 0 fully saturated rings. The summed E-state index contributed by atoms with van der Waals surface area (Å²) < 4.78 is 12.2. The second kappa shape index (κ2) is 7.95. The van der Waals surface area contributed by atoms with Gasteiger partial charge in [0.1, 0.15) is 18.1 Å². The molecule has 27 heavy (non-hydrogen) atoms. The van der Waals surface area contributed by atoms with Crippen LogP contribution in [0.25, 0.3) is 0 Å². The summed E-state index contributed by atoms with van der Waals surface area (Å²) in [5.41, 5.74) is 3.29. The minimum Gasteiger partial charge on any atom is -0.508 e. The smallest absolute Gasteiger partial charge is 0.120 e. The number of allylic oxidation sites excluding steroid dienone is 2. The van der Waals surface area contributed by atoms with E-state index in [0.29, 0.717) is 37.4 Å². The maximum absolute atomic E-state index is 10.4. The van der Waals surface area contributed by atoms with Crippen LogP contribution < -0.4 is 10.1 Å². The van der Waals surface area contributed by atoms with Crippen LogP contribution in [-0.4, -0.2) is 24.9 Å². The number of halogens is 1. The molecule has 0 aromatic heterocycles. The van der Waals surface area contributed by atoms with Crippen molar-refractivity contribution >= 4 is 21.6 Å². The molecule has 0 bridgehead atoms. The van der Waals surface area contributed by atoms with E-state index >= 15 is 0 Å². The van der Waals surface area contributed by atoms with Crippen molar-refractivity contribution in [2.24, 2.45) is 5.92 Å². The Kier molecular flexibility index (Phi) is 5.41. The summed E-state index contributed by atoms with van der Waals surface area (Å²) in [7, 11) is 0. The molecule has 142 valence electrons. The van der Waals surface area contributed by atoms with Crippen LogP contribution >= 0.6 is 15.9 Å². The lowest BCUT2D eigenvalue weighted by atomic mass is 9.77. The fourth-order valence-electron chi connectivity index (χ4n) is 4.11. The highest BCUT2D eigenvalue weighted by molar-refractivity contribution is 9.10. The number of aromatic hydroxyl groups is 1. The number of hydrogen-bond acceptors (Lipinski definition) is 4. The molecule has 0 saturated heterocycles. The standard InChI is InChI=1S/C22H24BrNO3/c1-2-26-10-11-27-15-7-8-20-18(13-15)16-4-3-5-17(16)22(24-20)19-12-14(23)6-9-21(19)25/h3-4,6-9,12-13,16-17,22,24-25H,2,5,10-11H2,1H3. The highest BCUT2D eigenvalue weighted by atomic mass is 79.9. The molecular weight excluding hydrogens is 406 g/mol. The summed E-state index contributed by atoms with van der Waals surface area (Å²) in [4.78, 5) is 0. The topological polar surface area (TPSA) is 50.7 Å². The molecule has 0 spiro atoms. The minimum atomic E-state index is 0.0692. The molecular formula is C22H24BrNO3. The number of rotatable bonds is 6. The number of hydrogen-bond donors (Lipinski definition) is 2. The maximum atomic E-state index is 10.4. The lowest BCUT2D eigenvalue weighted by Crippen LogP contribution is -2.29. The third kappa shape index (κ3) is 3.71. The van der Waals surface area contributed by atoms with Crippen LogP contribution in [0.5, 0.6) is 11.5 Å². The number of benzene rings is 2. The number of nitrogens with one attached hydrogen (secondary N) is 1. The quantitative estimate of drug-likeness (QED) is 0.476. The molecule has 1 aliphatic carbocycles. The molecule has 3 atom stereocenters. The number of ether oxygens (including phenoxy) is 2. The molecule has 2 aliphatic rings. The van der Waals surface area contributed by atoms with Gasteiger partial charge in [-0.2, -0.15) is 0 Å². The molecule has 1 aliphatic heterocycles. The first-order valence-electron chi connectivity index (χ1n) is 9.43. The van der Waals surface area contributed by atoms with E-state index in [0.717, 1.165) is 27.9 Å². The molecule has 1 heterocycles. The summed E-state index contributed by atoms with van der Waals surface area (Å²) in [5.74, 6) is 1.90. The highest BCUT2D eigenvalue weighted by Crippen LogP contribution is 2.51. The third-order valence-corrected chi connectivity index (χ3v) is 5.85. The van der Waals surface area contributed by atoms with Crippen molar-refractivity contribution in [3.05, 3.63) is 64.1 Å². The van der Waals surface area contributed by atoms with Gasteiger partial charge in [-0.1, -0.05) is 28.1 Å². The Labute approximate surface area is 168 Å². The summed E-state index contributed by atoms with van der Waals surface area (Å²) in [6, 6.07) is 11.9. The first-order valence-corrected chi connectivity index (χ1v) is 10.2. The van der Waals surface area contributed by atoms with Crippen molar-refractivity contribution in [1.29, 1.82) is 0 Å². The predicted molar refractivity (Wildman–Crippen MR) is 111 cm³/mol. The van der Waals surface area contributed by atoms with Gasteiger partial charge in [-0.25, -0.2) is 0 Å². The Morgan fingerprint density at radius 3 is 2.89 bits per heavy atom. The maximum Gasteiger partial charge on any atom is 0.120 e. The van der Waals surface area contributed by atoms with Gasteiger partial charge in [-0.05, 0) is 61.2 Å².